The lowest BCUT2D eigenvalue weighted by Gasteiger charge is -2.17. The second-order valence-corrected chi connectivity index (χ2v) is 9.81. The van der Waals surface area contributed by atoms with Crippen LogP contribution in [-0.2, 0) is 23.9 Å². The molecule has 1 N–H and O–H groups in total. The molecule has 0 atom stereocenters. The molecular formula is C23H14ClF3N4O2S2. The van der Waals surface area contributed by atoms with Crippen LogP contribution in [0.15, 0.2) is 58.4 Å². The predicted molar refractivity (Wildman–Crippen MR) is 129 cm³/mol. The van der Waals surface area contributed by atoms with Gasteiger partial charge in [-0.3, -0.25) is 19.6 Å². The van der Waals surface area contributed by atoms with E-state index in [1.807, 2.05) is 0 Å². The molecule has 1 saturated heterocycles. The first-order chi connectivity index (χ1) is 16.7. The first-order valence-electron chi connectivity index (χ1n) is 10.1. The fourth-order valence-electron chi connectivity index (χ4n) is 3.80. The van der Waals surface area contributed by atoms with Gasteiger partial charge in [0.25, 0.3) is 11.1 Å². The lowest BCUT2D eigenvalue weighted by Crippen LogP contribution is -2.28. The van der Waals surface area contributed by atoms with Crippen LogP contribution in [0.4, 0.5) is 18.0 Å². The Balaban J connectivity index is 1.63. The van der Waals surface area contributed by atoms with Crippen LogP contribution in [0, 0.1) is 0 Å². The maximum atomic E-state index is 13.8. The summed E-state index contributed by atoms with van der Waals surface area (Å²) >= 11 is 7.89. The summed E-state index contributed by atoms with van der Waals surface area (Å²) in [7, 11) is 0. The normalized spacial score (nSPS) is 15.9. The summed E-state index contributed by atoms with van der Waals surface area (Å²) in [5.74, 6) is -0.571. The molecule has 1 fully saturated rings. The van der Waals surface area contributed by atoms with Crippen LogP contribution in [0.3, 0.4) is 0 Å². The van der Waals surface area contributed by atoms with Gasteiger partial charge in [0.05, 0.1) is 39.9 Å². The van der Waals surface area contributed by atoms with Crippen LogP contribution in [-0.4, -0.2) is 31.2 Å². The van der Waals surface area contributed by atoms with Gasteiger partial charge in [0, 0.05) is 15.8 Å². The van der Waals surface area contributed by atoms with Gasteiger partial charge in [0.1, 0.15) is 0 Å². The molecule has 2 aromatic heterocycles. The Bertz CT molecular complexity index is 1480. The highest BCUT2D eigenvalue weighted by Crippen LogP contribution is 2.41. The molecule has 0 bridgehead atoms. The average molecular weight is 535 g/mol. The summed E-state index contributed by atoms with van der Waals surface area (Å²) in [4.78, 5) is 31.3. The van der Waals surface area contributed by atoms with Crippen LogP contribution in [0.25, 0.3) is 16.5 Å². The summed E-state index contributed by atoms with van der Waals surface area (Å²) in [6, 6.07) is 8.67. The molecule has 1 aliphatic rings. The molecule has 1 aliphatic heterocycles. The molecule has 5 rings (SSSR count). The minimum absolute atomic E-state index is 0.0134. The van der Waals surface area contributed by atoms with Gasteiger partial charge >= 0.3 is 6.18 Å². The van der Waals surface area contributed by atoms with E-state index in [1.165, 1.54) is 23.5 Å². The molecule has 0 unspecified atom stereocenters. The minimum Gasteiger partial charge on any atom is -0.278 e. The van der Waals surface area contributed by atoms with Crippen molar-refractivity contribution in [2.45, 2.75) is 19.1 Å². The first-order valence-corrected chi connectivity index (χ1v) is 12.3. The number of rotatable bonds is 5. The van der Waals surface area contributed by atoms with E-state index in [0.29, 0.717) is 34.0 Å². The van der Waals surface area contributed by atoms with Crippen LogP contribution in [0.1, 0.15) is 22.4 Å². The number of aromatic nitrogens is 3. The van der Waals surface area contributed by atoms with Gasteiger partial charge in [-0.05, 0) is 59.1 Å². The van der Waals surface area contributed by atoms with Crippen molar-refractivity contribution < 1.29 is 22.8 Å². The van der Waals surface area contributed by atoms with E-state index >= 15 is 0 Å². The van der Waals surface area contributed by atoms with Crippen LogP contribution in [0.5, 0.6) is 0 Å². The standard InChI is InChI=1S/C23H14ClF3N4O2S2/c24-15-3-1-13(18(7-15)23(25,26)27)6-17(12-2-4-19-14(5-12)8-29-30-19)20-21(32)31(22(33)35-20)9-16-10-34-11-28-16/h1-5,7-8,10-11H,6,9H2,(H,29,30)/b20-17-. The summed E-state index contributed by atoms with van der Waals surface area (Å²) in [5.41, 5.74) is 2.74. The number of nitrogens with zero attached hydrogens (tertiary/aromatic N) is 3. The third-order valence-electron chi connectivity index (χ3n) is 5.46. The highest BCUT2D eigenvalue weighted by Gasteiger charge is 2.39. The fourth-order valence-corrected chi connectivity index (χ4v) is 5.46. The van der Waals surface area contributed by atoms with E-state index in [-0.39, 0.29) is 28.5 Å². The number of thioether (sulfide) groups is 1. The number of amides is 2. The van der Waals surface area contributed by atoms with Gasteiger partial charge < -0.3 is 0 Å². The van der Waals surface area contributed by atoms with Crippen molar-refractivity contribution in [3.63, 3.8) is 0 Å². The van der Waals surface area contributed by atoms with Crippen molar-refractivity contribution in [3.05, 3.63) is 85.8 Å². The molecule has 0 radical (unpaired) electrons. The molecule has 6 nitrogen and oxygen atoms in total. The first kappa shape index (κ1) is 23.6. The summed E-state index contributed by atoms with van der Waals surface area (Å²) in [6.45, 7) is -0.0134. The van der Waals surface area contributed by atoms with E-state index in [9.17, 15) is 22.8 Å². The zero-order chi connectivity index (χ0) is 24.7. The van der Waals surface area contributed by atoms with Gasteiger partial charge in [-0.15, -0.1) is 11.3 Å². The van der Waals surface area contributed by atoms with Crippen molar-refractivity contribution in [2.75, 3.05) is 0 Å². The third kappa shape index (κ3) is 4.71. The summed E-state index contributed by atoms with van der Waals surface area (Å²) in [6.07, 6.45) is -3.31. The van der Waals surface area contributed by atoms with Gasteiger partial charge in [-0.2, -0.15) is 18.3 Å². The predicted octanol–water partition coefficient (Wildman–Crippen LogP) is 6.54. The molecule has 0 spiro atoms. The van der Waals surface area contributed by atoms with Crippen LogP contribution < -0.4 is 0 Å². The topological polar surface area (TPSA) is 79.0 Å². The van der Waals surface area contributed by atoms with Crippen molar-refractivity contribution in [2.24, 2.45) is 0 Å². The number of carbonyl (C=O) groups is 2. The fraction of sp³-hybridized carbons (Fsp3) is 0.130. The number of hydrogen-bond acceptors (Lipinski definition) is 6. The van der Waals surface area contributed by atoms with Crippen molar-refractivity contribution in [1.29, 1.82) is 0 Å². The van der Waals surface area contributed by atoms with Crippen molar-refractivity contribution in [1.82, 2.24) is 20.1 Å². The molecule has 2 amide bonds. The van der Waals surface area contributed by atoms with E-state index in [1.54, 1.807) is 35.3 Å². The van der Waals surface area contributed by atoms with Gasteiger partial charge in [-0.1, -0.05) is 23.7 Å². The maximum absolute atomic E-state index is 13.8. The van der Waals surface area contributed by atoms with E-state index in [2.05, 4.69) is 15.2 Å². The molecule has 0 aliphatic carbocycles. The van der Waals surface area contributed by atoms with Crippen LogP contribution in [0.2, 0.25) is 5.02 Å². The Morgan fingerprint density at radius 3 is 2.71 bits per heavy atom. The number of halogens is 4. The number of allylic oxidation sites excluding steroid dienone is 1. The molecule has 0 saturated carbocycles. The zero-order valence-electron chi connectivity index (χ0n) is 17.6. The number of alkyl halides is 3. The Morgan fingerprint density at radius 1 is 1.14 bits per heavy atom. The van der Waals surface area contributed by atoms with Gasteiger partial charge in [0.2, 0.25) is 0 Å². The highest BCUT2D eigenvalue weighted by atomic mass is 35.5. The second kappa shape index (κ2) is 9.14. The average Bonchev–Trinajstić information content (AvgIpc) is 3.55. The number of nitrogens with one attached hydrogen (secondary N) is 1. The number of hydrogen-bond donors (Lipinski definition) is 1. The maximum Gasteiger partial charge on any atom is 0.416 e. The van der Waals surface area contributed by atoms with E-state index in [4.69, 9.17) is 11.6 Å². The summed E-state index contributed by atoms with van der Waals surface area (Å²) < 4.78 is 41.4. The summed E-state index contributed by atoms with van der Waals surface area (Å²) in [5, 5.41) is 8.68. The zero-order valence-corrected chi connectivity index (χ0v) is 20.0. The lowest BCUT2D eigenvalue weighted by molar-refractivity contribution is -0.138. The third-order valence-corrected chi connectivity index (χ3v) is 7.35. The largest absolute Gasteiger partial charge is 0.416 e. The minimum atomic E-state index is -4.65. The second-order valence-electron chi connectivity index (χ2n) is 7.69. The van der Waals surface area contributed by atoms with Gasteiger partial charge in [0.15, 0.2) is 0 Å². The molecule has 35 heavy (non-hydrogen) atoms. The number of imide groups is 1. The number of carbonyl (C=O) groups excluding carboxylic acids is 2. The Hall–Kier alpha value is -3.15. The quantitative estimate of drug-likeness (QED) is 0.294. The monoisotopic (exact) mass is 534 g/mol. The van der Waals surface area contributed by atoms with Crippen LogP contribution >= 0.6 is 34.7 Å². The highest BCUT2D eigenvalue weighted by molar-refractivity contribution is 8.18. The molecular weight excluding hydrogens is 521 g/mol. The molecule has 12 heteroatoms. The number of H-pyrrole nitrogens is 1. The molecule has 3 heterocycles. The molecule has 2 aromatic carbocycles. The molecule has 4 aromatic rings. The Labute approximate surface area is 209 Å². The van der Waals surface area contributed by atoms with E-state index in [0.717, 1.165) is 16.5 Å². The number of benzene rings is 2. The Morgan fingerprint density at radius 2 is 1.97 bits per heavy atom. The Kier molecular flexibility index (Phi) is 6.16. The van der Waals surface area contributed by atoms with E-state index < -0.39 is 22.9 Å². The molecule has 178 valence electrons. The SMILES string of the molecule is O=C1S/C(=C(/Cc2ccc(Cl)cc2C(F)(F)F)c2ccc3[nH]ncc3c2)C(=O)N1Cc1cscn1. The lowest BCUT2D eigenvalue weighted by atomic mass is 9.93. The van der Waals surface area contributed by atoms with Crippen molar-refractivity contribution >= 4 is 62.3 Å². The number of thiazole rings is 1. The number of fused-ring (bicyclic) bond motifs is 1. The number of aromatic amines is 1. The van der Waals surface area contributed by atoms with Gasteiger partial charge in [-0.25, -0.2) is 4.98 Å². The smallest absolute Gasteiger partial charge is 0.278 e. The van der Waals surface area contributed by atoms with Crippen molar-refractivity contribution in [3.8, 4) is 0 Å².